The van der Waals surface area contributed by atoms with Crippen molar-refractivity contribution in [1.82, 2.24) is 9.78 Å². The van der Waals surface area contributed by atoms with Gasteiger partial charge in [-0.1, -0.05) is 11.6 Å². The summed E-state index contributed by atoms with van der Waals surface area (Å²) in [6.07, 6.45) is 9.93. The number of ether oxygens (including phenoxy) is 1. The third kappa shape index (κ3) is 7.17. The lowest BCUT2D eigenvalue weighted by molar-refractivity contribution is 0.0968. The van der Waals surface area contributed by atoms with Gasteiger partial charge in [0.1, 0.15) is 10.8 Å². The molecule has 0 bridgehead atoms. The minimum Gasteiger partial charge on any atom is -0.385 e. The molecule has 3 N–H and O–H groups in total. The summed E-state index contributed by atoms with van der Waals surface area (Å²) in [5.41, 5.74) is 7.01. The van der Waals surface area contributed by atoms with E-state index in [1.807, 2.05) is 12.1 Å². The molecule has 0 unspecified atom stereocenters. The fourth-order valence-corrected chi connectivity index (χ4v) is 4.83. The predicted octanol–water partition coefficient (Wildman–Crippen LogP) is 4.60. The molecule has 1 aromatic carbocycles. The number of nitrogens with two attached hydrogens (primary N) is 1. The van der Waals surface area contributed by atoms with Crippen LogP contribution in [0.2, 0.25) is 5.02 Å². The zero-order chi connectivity index (χ0) is 24.3. The molecule has 34 heavy (non-hydrogen) atoms. The molecule has 1 aliphatic carbocycles. The van der Waals surface area contributed by atoms with Crippen LogP contribution in [0.5, 0.6) is 0 Å². The molecule has 2 fully saturated rings. The lowest BCUT2D eigenvalue weighted by Gasteiger charge is -2.38. The molecular weight excluding hydrogens is 457 g/mol. The first-order chi connectivity index (χ1) is 16.5. The second kappa shape index (κ2) is 13.7. The molecule has 7 nitrogen and oxygen atoms in total. The zero-order valence-corrected chi connectivity index (χ0v) is 20.8. The van der Waals surface area contributed by atoms with Crippen molar-refractivity contribution < 1.29 is 9.13 Å². The first kappa shape index (κ1) is 26.4. The molecule has 0 atom stereocenters. The van der Waals surface area contributed by atoms with Crippen LogP contribution in [0.25, 0.3) is 0 Å². The SMILES string of the molecule is C1CCOCC1.CNc1cnn(C2CCC(N(CCCN)c3ccc(F)cc3)CC2)c(=O)c1Cl. The summed E-state index contributed by atoms with van der Waals surface area (Å²) in [7, 11) is 1.71. The van der Waals surface area contributed by atoms with Gasteiger partial charge >= 0.3 is 0 Å². The first-order valence-corrected chi connectivity index (χ1v) is 12.7. The number of nitrogens with one attached hydrogen (secondary N) is 1. The third-order valence-corrected chi connectivity index (χ3v) is 6.87. The number of hydrogen-bond acceptors (Lipinski definition) is 6. The topological polar surface area (TPSA) is 85.4 Å². The highest BCUT2D eigenvalue weighted by molar-refractivity contribution is 6.32. The van der Waals surface area contributed by atoms with Gasteiger partial charge in [0.25, 0.3) is 5.56 Å². The molecule has 2 heterocycles. The molecule has 1 aromatic heterocycles. The maximum atomic E-state index is 13.3. The monoisotopic (exact) mass is 493 g/mol. The number of aromatic nitrogens is 2. The van der Waals surface area contributed by atoms with Crippen LogP contribution in [0.1, 0.15) is 57.4 Å². The summed E-state index contributed by atoms with van der Waals surface area (Å²) in [6.45, 7) is 3.45. The smallest absolute Gasteiger partial charge is 0.287 e. The van der Waals surface area contributed by atoms with Crippen LogP contribution in [-0.2, 0) is 4.74 Å². The molecule has 188 valence electrons. The van der Waals surface area contributed by atoms with Crippen molar-refractivity contribution in [3.05, 3.63) is 51.7 Å². The highest BCUT2D eigenvalue weighted by Crippen LogP contribution is 2.33. The zero-order valence-electron chi connectivity index (χ0n) is 20.0. The van der Waals surface area contributed by atoms with E-state index in [4.69, 9.17) is 22.1 Å². The molecule has 1 aliphatic heterocycles. The fraction of sp³-hybridized carbons (Fsp3) is 0.600. The first-order valence-electron chi connectivity index (χ1n) is 12.3. The van der Waals surface area contributed by atoms with Crippen LogP contribution >= 0.6 is 11.6 Å². The lowest BCUT2D eigenvalue weighted by Crippen LogP contribution is -2.41. The van der Waals surface area contributed by atoms with Gasteiger partial charge in [-0.15, -0.1) is 0 Å². The van der Waals surface area contributed by atoms with Crippen molar-refractivity contribution in [3.63, 3.8) is 0 Å². The van der Waals surface area contributed by atoms with Gasteiger partial charge in [-0.05, 0) is 82.2 Å². The predicted molar refractivity (Wildman–Crippen MR) is 136 cm³/mol. The molecule has 2 aromatic rings. The maximum Gasteiger partial charge on any atom is 0.287 e. The van der Waals surface area contributed by atoms with Crippen LogP contribution in [-0.4, -0.2) is 49.2 Å². The molecule has 0 spiro atoms. The molecule has 0 amide bonds. The van der Waals surface area contributed by atoms with E-state index in [0.717, 1.165) is 57.6 Å². The van der Waals surface area contributed by atoms with Crippen molar-refractivity contribution in [3.8, 4) is 0 Å². The standard InChI is InChI=1S/C20H27ClFN5O.C5H10O/c1-24-18-13-25-27(20(28)19(18)21)17-9-7-16(8-10-17)26(12-2-11-23)15-5-3-14(22)4-6-15;1-2-4-6-5-3-1/h3-6,13,16-17,24H,2,7-12,23H2,1H3;1-5H2. The highest BCUT2D eigenvalue weighted by Gasteiger charge is 2.28. The fourth-order valence-electron chi connectivity index (χ4n) is 4.60. The van der Waals surface area contributed by atoms with Crippen LogP contribution in [0, 0.1) is 5.82 Å². The van der Waals surface area contributed by atoms with Gasteiger partial charge in [-0.3, -0.25) is 4.79 Å². The second-order valence-corrected chi connectivity index (χ2v) is 9.20. The van der Waals surface area contributed by atoms with Crippen LogP contribution in [0.15, 0.2) is 35.3 Å². The number of hydrogen-bond donors (Lipinski definition) is 2. The number of nitrogens with zero attached hydrogens (tertiary/aromatic N) is 3. The molecule has 9 heteroatoms. The Morgan fingerprint density at radius 1 is 1.18 bits per heavy atom. The van der Waals surface area contributed by atoms with Gasteiger partial charge in [0.15, 0.2) is 0 Å². The largest absolute Gasteiger partial charge is 0.385 e. The minimum absolute atomic E-state index is 0.0386. The molecule has 1 saturated carbocycles. The number of anilines is 2. The van der Waals surface area contributed by atoms with Crippen molar-refractivity contribution in [1.29, 1.82) is 0 Å². The highest BCUT2D eigenvalue weighted by atomic mass is 35.5. The van der Waals surface area contributed by atoms with Crippen molar-refractivity contribution in [2.24, 2.45) is 5.73 Å². The van der Waals surface area contributed by atoms with E-state index < -0.39 is 0 Å². The summed E-state index contributed by atoms with van der Waals surface area (Å²) in [6, 6.07) is 6.99. The number of rotatable bonds is 7. The summed E-state index contributed by atoms with van der Waals surface area (Å²) in [5.74, 6) is -0.237. The Morgan fingerprint density at radius 2 is 1.85 bits per heavy atom. The van der Waals surface area contributed by atoms with Crippen LogP contribution in [0.3, 0.4) is 0 Å². The Kier molecular flexibility index (Phi) is 10.6. The Bertz CT molecular complexity index is 916. The van der Waals surface area contributed by atoms with Gasteiger partial charge in [-0.2, -0.15) is 5.10 Å². The van der Waals surface area contributed by atoms with E-state index in [1.165, 1.54) is 36.1 Å². The lowest BCUT2D eigenvalue weighted by atomic mass is 9.89. The van der Waals surface area contributed by atoms with E-state index in [1.54, 1.807) is 13.2 Å². The molecule has 2 aliphatic rings. The van der Waals surface area contributed by atoms with E-state index in [9.17, 15) is 9.18 Å². The molecule has 1 saturated heterocycles. The Hall–Kier alpha value is -2.16. The van der Waals surface area contributed by atoms with Crippen molar-refractivity contribution in [2.75, 3.05) is 43.6 Å². The van der Waals surface area contributed by atoms with Gasteiger partial charge in [-0.25, -0.2) is 9.07 Å². The van der Waals surface area contributed by atoms with E-state index in [0.29, 0.717) is 18.3 Å². The number of benzene rings is 1. The van der Waals surface area contributed by atoms with Gasteiger partial charge in [0.05, 0.1) is 17.9 Å². The summed E-state index contributed by atoms with van der Waals surface area (Å²) in [4.78, 5) is 14.8. The van der Waals surface area contributed by atoms with Crippen LogP contribution < -0.4 is 21.5 Å². The minimum atomic E-state index is -0.254. The summed E-state index contributed by atoms with van der Waals surface area (Å²) >= 11 is 6.16. The van der Waals surface area contributed by atoms with E-state index in [2.05, 4.69) is 15.3 Å². The molecular formula is C25H37ClFN5O2. The second-order valence-electron chi connectivity index (χ2n) is 8.82. The Labute approximate surface area is 206 Å². The van der Waals surface area contributed by atoms with Gasteiger partial charge < -0.3 is 20.7 Å². The van der Waals surface area contributed by atoms with Gasteiger partial charge in [0, 0.05) is 38.5 Å². The molecule has 0 radical (unpaired) electrons. The van der Waals surface area contributed by atoms with E-state index in [-0.39, 0.29) is 22.4 Å². The average molecular weight is 494 g/mol. The third-order valence-electron chi connectivity index (χ3n) is 6.50. The van der Waals surface area contributed by atoms with Crippen molar-refractivity contribution in [2.45, 2.75) is 63.5 Å². The van der Waals surface area contributed by atoms with E-state index >= 15 is 0 Å². The van der Waals surface area contributed by atoms with Gasteiger partial charge in [0.2, 0.25) is 0 Å². The normalized spacial score (nSPS) is 20.2. The Balaban J connectivity index is 0.000000469. The quantitative estimate of drug-likeness (QED) is 0.586. The summed E-state index contributed by atoms with van der Waals surface area (Å²) < 4.78 is 19.9. The van der Waals surface area contributed by atoms with Crippen molar-refractivity contribution >= 4 is 23.0 Å². The Morgan fingerprint density at radius 3 is 2.38 bits per heavy atom. The maximum absolute atomic E-state index is 13.3. The number of halogens is 2. The molecule has 4 rings (SSSR count). The average Bonchev–Trinajstić information content (AvgIpc) is 2.89. The van der Waals surface area contributed by atoms with Crippen LogP contribution in [0.4, 0.5) is 15.8 Å². The summed E-state index contributed by atoms with van der Waals surface area (Å²) in [5, 5.41) is 7.36.